The molecule has 1 aromatic carbocycles. The van der Waals surface area contributed by atoms with Gasteiger partial charge in [0.25, 0.3) is 0 Å². The van der Waals surface area contributed by atoms with Crippen molar-refractivity contribution in [1.82, 2.24) is 15.1 Å². The van der Waals surface area contributed by atoms with E-state index in [4.69, 9.17) is 4.52 Å². The molecule has 3 rings (SSSR count). The normalized spacial score (nSPS) is 12.5. The molecule has 21 heavy (non-hydrogen) atoms. The van der Waals surface area contributed by atoms with Gasteiger partial charge in [0.1, 0.15) is 5.76 Å². The van der Waals surface area contributed by atoms with Crippen molar-refractivity contribution in [3.63, 3.8) is 0 Å². The molecule has 0 unspecified atom stereocenters. The van der Waals surface area contributed by atoms with Crippen LogP contribution in [0.25, 0.3) is 0 Å². The summed E-state index contributed by atoms with van der Waals surface area (Å²) >= 11 is 0. The lowest BCUT2D eigenvalue weighted by Crippen LogP contribution is -2.08. The minimum atomic E-state index is 0.205. The fourth-order valence-corrected chi connectivity index (χ4v) is 2.72. The molecule has 0 aliphatic heterocycles. The van der Waals surface area contributed by atoms with Gasteiger partial charge in [-0.1, -0.05) is 23.4 Å². The number of nitrogens with zero attached hydrogens (tertiary/aromatic N) is 2. The van der Waals surface area contributed by atoms with Gasteiger partial charge >= 0.3 is 0 Å². The molecule has 0 saturated carbocycles. The van der Waals surface area contributed by atoms with Crippen LogP contribution in [0.3, 0.4) is 0 Å². The Hall–Kier alpha value is -2.36. The number of aromatic amines is 1. The zero-order valence-electron chi connectivity index (χ0n) is 12.6. The van der Waals surface area contributed by atoms with Crippen LogP contribution >= 0.6 is 0 Å². The number of benzene rings is 1. The van der Waals surface area contributed by atoms with E-state index < -0.39 is 0 Å². The zero-order chi connectivity index (χ0) is 14.8. The number of nitrogens with one attached hydrogen (secondary N) is 1. The molecule has 3 aromatic rings. The Balaban J connectivity index is 2.02. The van der Waals surface area contributed by atoms with Gasteiger partial charge < -0.3 is 9.51 Å². The highest BCUT2D eigenvalue weighted by Gasteiger charge is 2.20. The van der Waals surface area contributed by atoms with Crippen LogP contribution in [-0.2, 0) is 6.42 Å². The average Bonchev–Trinajstić information content (AvgIpc) is 3.11. The third kappa shape index (κ3) is 2.75. The van der Waals surface area contributed by atoms with Crippen molar-refractivity contribution in [2.24, 2.45) is 0 Å². The van der Waals surface area contributed by atoms with Crippen molar-refractivity contribution in [3.8, 4) is 0 Å². The molecule has 0 amide bonds. The van der Waals surface area contributed by atoms with Gasteiger partial charge in [-0.3, -0.25) is 0 Å². The summed E-state index contributed by atoms with van der Waals surface area (Å²) < 4.78 is 5.20. The number of aromatic nitrogens is 3. The fraction of sp³-hybridized carbons (Fsp3) is 0.294. The van der Waals surface area contributed by atoms with Crippen LogP contribution < -0.4 is 0 Å². The molecule has 0 spiro atoms. The maximum Gasteiger partial charge on any atom is 0.133 e. The maximum absolute atomic E-state index is 5.20. The molecule has 4 heteroatoms. The number of aryl methyl sites for hydroxylation is 2. The molecule has 0 aliphatic rings. The largest absolute Gasteiger partial charge is 0.361 e. The number of rotatable bonds is 4. The van der Waals surface area contributed by atoms with Gasteiger partial charge in [0.05, 0.1) is 12.0 Å². The van der Waals surface area contributed by atoms with Gasteiger partial charge in [-0.15, -0.1) is 0 Å². The summed E-state index contributed by atoms with van der Waals surface area (Å²) in [6.45, 7) is 6.23. The van der Waals surface area contributed by atoms with Crippen molar-refractivity contribution in [1.29, 1.82) is 0 Å². The molecule has 2 heterocycles. The molecule has 2 aromatic heterocycles. The Morgan fingerprint density at radius 3 is 2.76 bits per heavy atom. The lowest BCUT2D eigenvalue weighted by molar-refractivity contribution is 0.389. The minimum absolute atomic E-state index is 0.205. The lowest BCUT2D eigenvalue weighted by Gasteiger charge is -2.18. The van der Waals surface area contributed by atoms with Crippen molar-refractivity contribution >= 4 is 0 Å². The first-order chi connectivity index (χ1) is 10.1. The third-order valence-corrected chi connectivity index (χ3v) is 4.01. The summed E-state index contributed by atoms with van der Waals surface area (Å²) in [5, 5.41) is 4.13. The molecule has 0 fully saturated rings. The smallest absolute Gasteiger partial charge is 0.133 e. The maximum atomic E-state index is 5.20. The van der Waals surface area contributed by atoms with Crippen LogP contribution in [0.4, 0.5) is 0 Å². The van der Waals surface area contributed by atoms with E-state index in [1.54, 1.807) is 6.33 Å². The molecule has 1 atom stereocenters. The van der Waals surface area contributed by atoms with E-state index in [9.17, 15) is 0 Å². The molecule has 0 aliphatic carbocycles. The highest BCUT2D eigenvalue weighted by Crippen LogP contribution is 2.30. The van der Waals surface area contributed by atoms with Crippen LogP contribution in [0.5, 0.6) is 0 Å². The molecule has 1 N–H and O–H groups in total. The number of imidazole rings is 1. The third-order valence-electron chi connectivity index (χ3n) is 4.01. The first kappa shape index (κ1) is 13.6. The fourth-order valence-electron chi connectivity index (χ4n) is 2.72. The minimum Gasteiger partial charge on any atom is -0.361 e. The molecular weight excluding hydrogens is 262 g/mol. The van der Waals surface area contributed by atoms with Crippen LogP contribution in [0.15, 0.2) is 41.3 Å². The second kappa shape index (κ2) is 5.56. The van der Waals surface area contributed by atoms with E-state index in [0.717, 1.165) is 23.6 Å². The number of hydrogen-bond donors (Lipinski definition) is 1. The van der Waals surface area contributed by atoms with E-state index in [-0.39, 0.29) is 5.92 Å². The van der Waals surface area contributed by atoms with Crippen LogP contribution in [-0.4, -0.2) is 15.1 Å². The molecule has 4 nitrogen and oxygen atoms in total. The SMILES string of the molecule is Cc1cc(C[C@@H](c2cnc[nH]2)c2cccc(C)c2C)no1. The zero-order valence-corrected chi connectivity index (χ0v) is 12.6. The predicted octanol–water partition coefficient (Wildman–Crippen LogP) is 3.70. The van der Waals surface area contributed by atoms with Gasteiger partial charge in [-0.25, -0.2) is 4.98 Å². The van der Waals surface area contributed by atoms with Crippen molar-refractivity contribution < 1.29 is 4.52 Å². The Bertz CT molecular complexity index is 728. The summed E-state index contributed by atoms with van der Waals surface area (Å²) in [6, 6.07) is 8.42. The first-order valence-electron chi connectivity index (χ1n) is 7.11. The first-order valence-corrected chi connectivity index (χ1v) is 7.11. The summed E-state index contributed by atoms with van der Waals surface area (Å²) in [4.78, 5) is 7.41. The average molecular weight is 281 g/mol. The monoisotopic (exact) mass is 281 g/mol. The molecular formula is C17H19N3O. The predicted molar refractivity (Wildman–Crippen MR) is 81.3 cm³/mol. The van der Waals surface area contributed by atoms with Gasteiger partial charge in [0, 0.05) is 30.3 Å². The second-order valence-corrected chi connectivity index (χ2v) is 5.48. The van der Waals surface area contributed by atoms with E-state index in [1.165, 1.54) is 16.7 Å². The van der Waals surface area contributed by atoms with Crippen LogP contribution in [0.2, 0.25) is 0 Å². The van der Waals surface area contributed by atoms with E-state index in [1.807, 2.05) is 19.2 Å². The standard InChI is InChI=1S/C17H19N3O/c1-11-5-4-6-15(13(11)3)16(17-9-18-10-19-17)8-14-7-12(2)21-20-14/h4-7,9-10,16H,8H2,1-3H3,(H,18,19)/t16-/m1/s1. The molecule has 0 saturated heterocycles. The second-order valence-electron chi connectivity index (χ2n) is 5.48. The highest BCUT2D eigenvalue weighted by molar-refractivity contribution is 5.40. The quantitative estimate of drug-likeness (QED) is 0.793. The Morgan fingerprint density at radius 2 is 2.10 bits per heavy atom. The van der Waals surface area contributed by atoms with Crippen LogP contribution in [0, 0.1) is 20.8 Å². The Morgan fingerprint density at radius 1 is 1.24 bits per heavy atom. The Kier molecular flexibility index (Phi) is 3.60. The van der Waals surface area contributed by atoms with Gasteiger partial charge in [-0.05, 0) is 37.5 Å². The van der Waals surface area contributed by atoms with Gasteiger partial charge in [0.15, 0.2) is 0 Å². The summed E-state index contributed by atoms with van der Waals surface area (Å²) in [7, 11) is 0. The van der Waals surface area contributed by atoms with Crippen molar-refractivity contribution in [3.05, 3.63) is 70.6 Å². The van der Waals surface area contributed by atoms with E-state index in [0.29, 0.717) is 0 Å². The summed E-state index contributed by atoms with van der Waals surface area (Å²) in [6.07, 6.45) is 4.41. The summed E-state index contributed by atoms with van der Waals surface area (Å²) in [5.74, 6) is 1.05. The number of hydrogen-bond acceptors (Lipinski definition) is 3. The van der Waals surface area contributed by atoms with Gasteiger partial charge in [0.2, 0.25) is 0 Å². The van der Waals surface area contributed by atoms with Gasteiger partial charge in [-0.2, -0.15) is 0 Å². The molecule has 108 valence electrons. The molecule has 0 radical (unpaired) electrons. The lowest BCUT2D eigenvalue weighted by atomic mass is 9.87. The van der Waals surface area contributed by atoms with Crippen molar-refractivity contribution in [2.75, 3.05) is 0 Å². The molecule has 0 bridgehead atoms. The topological polar surface area (TPSA) is 54.7 Å². The summed E-state index contributed by atoms with van der Waals surface area (Å²) in [5.41, 5.74) is 5.99. The van der Waals surface area contributed by atoms with E-state index in [2.05, 4.69) is 47.2 Å². The van der Waals surface area contributed by atoms with Crippen LogP contribution in [0.1, 0.15) is 39.8 Å². The highest BCUT2D eigenvalue weighted by atomic mass is 16.5. The van der Waals surface area contributed by atoms with E-state index >= 15 is 0 Å². The Labute approximate surface area is 124 Å². The van der Waals surface area contributed by atoms with Crippen molar-refractivity contribution in [2.45, 2.75) is 33.1 Å². The number of H-pyrrole nitrogens is 1.